The van der Waals surface area contributed by atoms with E-state index >= 15 is 0 Å². The Morgan fingerprint density at radius 2 is 0.625 bits per heavy atom. The van der Waals surface area contributed by atoms with Crippen molar-refractivity contribution in [2.75, 3.05) is 0 Å². The Morgan fingerprint density at radius 1 is 0.375 bits per heavy atom. The summed E-state index contributed by atoms with van der Waals surface area (Å²) < 4.78 is 0. The molecular formula is C21H21Si3. The second-order valence-corrected chi connectivity index (χ2v) is 16.0. The second-order valence-electron chi connectivity index (χ2n) is 6.44. The van der Waals surface area contributed by atoms with Gasteiger partial charge in [0.1, 0.15) is 0 Å². The Bertz CT molecular complexity index is 645. The molecule has 1 saturated heterocycles. The van der Waals surface area contributed by atoms with Gasteiger partial charge in [-0.1, -0.05) is 124 Å². The fraction of sp³-hybridized carbons (Fsp3) is 0.143. The van der Waals surface area contributed by atoms with Gasteiger partial charge < -0.3 is 0 Å². The van der Waals surface area contributed by atoms with Crippen LogP contribution >= 0.6 is 0 Å². The summed E-state index contributed by atoms with van der Waals surface area (Å²) in [6, 6.07) is 34.1. The SMILES string of the molecule is c1ccc([Si]2C[Si](c3ccccc3)C[Si](c3ccccc3)C2)cc1. The van der Waals surface area contributed by atoms with Crippen molar-refractivity contribution in [1.29, 1.82) is 0 Å². The highest BCUT2D eigenvalue weighted by Gasteiger charge is 2.34. The number of rotatable bonds is 3. The lowest BCUT2D eigenvalue weighted by Gasteiger charge is -2.33. The molecule has 0 unspecified atom stereocenters. The number of hydrogen-bond donors (Lipinski definition) is 0. The lowest BCUT2D eigenvalue weighted by Crippen LogP contribution is -2.53. The van der Waals surface area contributed by atoms with E-state index in [9.17, 15) is 0 Å². The molecule has 0 bridgehead atoms. The Hall–Kier alpha value is -1.69. The van der Waals surface area contributed by atoms with Gasteiger partial charge in [-0.05, 0) is 0 Å². The van der Waals surface area contributed by atoms with Gasteiger partial charge >= 0.3 is 0 Å². The first kappa shape index (κ1) is 15.8. The van der Waals surface area contributed by atoms with Gasteiger partial charge in [-0.2, -0.15) is 0 Å². The molecular weight excluding hydrogens is 336 g/mol. The maximum atomic E-state index is 2.38. The van der Waals surface area contributed by atoms with Crippen LogP contribution in [-0.4, -0.2) is 26.4 Å². The quantitative estimate of drug-likeness (QED) is 0.632. The lowest BCUT2D eigenvalue weighted by atomic mass is 10.4. The van der Waals surface area contributed by atoms with Crippen molar-refractivity contribution in [1.82, 2.24) is 0 Å². The van der Waals surface area contributed by atoms with Crippen LogP contribution in [0.1, 0.15) is 0 Å². The average molecular weight is 358 g/mol. The second kappa shape index (κ2) is 7.47. The molecule has 3 aromatic carbocycles. The first-order chi connectivity index (χ1) is 11.9. The van der Waals surface area contributed by atoms with Crippen LogP contribution in [0.5, 0.6) is 0 Å². The normalized spacial score (nSPS) is 17.0. The van der Waals surface area contributed by atoms with Crippen LogP contribution in [0.3, 0.4) is 0 Å². The third-order valence-corrected chi connectivity index (χ3v) is 18.5. The van der Waals surface area contributed by atoms with E-state index in [0.29, 0.717) is 0 Å². The van der Waals surface area contributed by atoms with Gasteiger partial charge in [-0.25, -0.2) is 0 Å². The summed E-state index contributed by atoms with van der Waals surface area (Å²) in [5.74, 6) is 0. The van der Waals surface area contributed by atoms with Crippen LogP contribution in [0.15, 0.2) is 91.0 Å². The maximum absolute atomic E-state index is 2.38. The minimum Gasteiger partial charge on any atom is -0.0633 e. The summed E-state index contributed by atoms with van der Waals surface area (Å²) in [6.07, 6.45) is 0. The van der Waals surface area contributed by atoms with E-state index in [2.05, 4.69) is 91.0 Å². The fourth-order valence-electron chi connectivity index (χ4n) is 3.59. The zero-order valence-corrected chi connectivity index (χ0v) is 16.8. The summed E-state index contributed by atoms with van der Waals surface area (Å²) >= 11 is 0. The van der Waals surface area contributed by atoms with E-state index in [-0.39, 0.29) is 0 Å². The number of hydrogen-bond acceptors (Lipinski definition) is 0. The van der Waals surface area contributed by atoms with Crippen molar-refractivity contribution in [2.24, 2.45) is 0 Å². The molecule has 0 atom stereocenters. The Morgan fingerprint density at radius 3 is 0.875 bits per heavy atom. The van der Waals surface area contributed by atoms with E-state index in [1.165, 1.54) is 17.0 Å². The molecule has 3 radical (unpaired) electrons. The van der Waals surface area contributed by atoms with Crippen molar-refractivity contribution < 1.29 is 0 Å². The average Bonchev–Trinajstić information content (AvgIpc) is 2.70. The highest BCUT2D eigenvalue weighted by Crippen LogP contribution is 2.20. The molecule has 3 heteroatoms. The van der Waals surface area contributed by atoms with E-state index in [4.69, 9.17) is 0 Å². The van der Waals surface area contributed by atoms with Crippen molar-refractivity contribution in [3.8, 4) is 0 Å². The molecule has 0 aromatic heterocycles. The molecule has 0 nitrogen and oxygen atoms in total. The molecule has 0 amide bonds. The smallest absolute Gasteiger partial charge is 0.0633 e. The fourth-order valence-corrected chi connectivity index (χ4v) is 21.5. The minimum absolute atomic E-state index is 0.426. The maximum Gasteiger partial charge on any atom is 0.0803 e. The van der Waals surface area contributed by atoms with Gasteiger partial charge in [0.2, 0.25) is 0 Å². The largest absolute Gasteiger partial charge is 0.0803 e. The highest BCUT2D eigenvalue weighted by atomic mass is 28.4. The lowest BCUT2D eigenvalue weighted by molar-refractivity contribution is 1.55. The van der Waals surface area contributed by atoms with Gasteiger partial charge in [0, 0.05) is 0 Å². The predicted octanol–water partition coefficient (Wildman–Crippen LogP) is 2.82. The van der Waals surface area contributed by atoms with Crippen LogP contribution in [0.4, 0.5) is 0 Å². The number of benzene rings is 3. The van der Waals surface area contributed by atoms with Gasteiger partial charge in [-0.15, -0.1) is 0 Å². The van der Waals surface area contributed by atoms with E-state index in [1.54, 1.807) is 15.6 Å². The summed E-state index contributed by atoms with van der Waals surface area (Å²) in [5.41, 5.74) is 4.47. The summed E-state index contributed by atoms with van der Waals surface area (Å²) in [4.78, 5) is 0. The van der Waals surface area contributed by atoms with Crippen LogP contribution in [0.25, 0.3) is 0 Å². The molecule has 4 rings (SSSR count). The molecule has 117 valence electrons. The van der Waals surface area contributed by atoms with E-state index < -0.39 is 26.4 Å². The highest BCUT2D eigenvalue weighted by molar-refractivity contribution is 7.06. The van der Waals surface area contributed by atoms with Crippen LogP contribution in [0, 0.1) is 0 Å². The molecule has 0 saturated carbocycles. The van der Waals surface area contributed by atoms with Crippen molar-refractivity contribution in [3.05, 3.63) is 91.0 Å². The van der Waals surface area contributed by atoms with Crippen LogP contribution < -0.4 is 15.6 Å². The Kier molecular flexibility index (Phi) is 4.92. The van der Waals surface area contributed by atoms with Crippen LogP contribution in [0.2, 0.25) is 17.0 Å². The molecule has 1 aliphatic heterocycles. The van der Waals surface area contributed by atoms with Gasteiger partial charge in [0.25, 0.3) is 0 Å². The van der Waals surface area contributed by atoms with Crippen LogP contribution in [-0.2, 0) is 0 Å². The topological polar surface area (TPSA) is 0 Å². The van der Waals surface area contributed by atoms with Gasteiger partial charge in [0.15, 0.2) is 0 Å². The minimum atomic E-state index is -0.426. The molecule has 0 N–H and O–H groups in total. The van der Waals surface area contributed by atoms with E-state index in [1.807, 2.05) is 0 Å². The summed E-state index contributed by atoms with van der Waals surface area (Å²) in [7, 11) is -1.28. The molecule has 0 aliphatic carbocycles. The standard InChI is InChI=1S/C21H21Si3/c1-4-10-19(11-5-1)22-16-23(20-12-6-2-7-13-20)18-24(17-22)21-14-8-3-9-15-21/h1-15H,16-18H2. The first-order valence-corrected chi connectivity index (χ1v) is 14.3. The Labute approximate surface area is 150 Å². The summed E-state index contributed by atoms with van der Waals surface area (Å²) in [5, 5.41) is 4.96. The molecule has 1 fully saturated rings. The monoisotopic (exact) mass is 357 g/mol. The third kappa shape index (κ3) is 3.53. The van der Waals surface area contributed by atoms with Crippen molar-refractivity contribution in [3.63, 3.8) is 0 Å². The molecule has 3 aromatic rings. The Balaban J connectivity index is 1.66. The zero-order chi connectivity index (χ0) is 16.2. The van der Waals surface area contributed by atoms with Gasteiger partial charge in [0.05, 0.1) is 26.4 Å². The van der Waals surface area contributed by atoms with Crippen molar-refractivity contribution in [2.45, 2.75) is 17.0 Å². The third-order valence-electron chi connectivity index (χ3n) is 4.83. The molecule has 0 spiro atoms. The van der Waals surface area contributed by atoms with Crippen molar-refractivity contribution >= 4 is 42.0 Å². The summed E-state index contributed by atoms with van der Waals surface area (Å²) in [6.45, 7) is 0. The molecule has 24 heavy (non-hydrogen) atoms. The zero-order valence-electron chi connectivity index (χ0n) is 13.8. The molecule has 1 heterocycles. The molecule has 1 aliphatic rings. The first-order valence-electron chi connectivity index (χ1n) is 8.60. The van der Waals surface area contributed by atoms with E-state index in [0.717, 1.165) is 0 Å². The van der Waals surface area contributed by atoms with Gasteiger partial charge in [-0.3, -0.25) is 0 Å². The predicted molar refractivity (Wildman–Crippen MR) is 110 cm³/mol.